The monoisotopic (exact) mass is 303 g/mol. The number of nitrogens with one attached hydrogen (secondary N) is 1. The fourth-order valence-electron chi connectivity index (χ4n) is 3.13. The summed E-state index contributed by atoms with van der Waals surface area (Å²) in [6.07, 6.45) is 9.77. The highest BCUT2D eigenvalue weighted by atomic mass is 16.5. The maximum Gasteiger partial charge on any atom is 0.103 e. The molecule has 3 heterocycles. The van der Waals surface area contributed by atoms with Gasteiger partial charge in [0.1, 0.15) is 11.9 Å². The predicted octanol–water partition coefficient (Wildman–Crippen LogP) is 2.84. The second-order valence-electron chi connectivity index (χ2n) is 6.20. The summed E-state index contributed by atoms with van der Waals surface area (Å²) in [6, 6.07) is 4.96. The highest BCUT2D eigenvalue weighted by Gasteiger charge is 2.26. The van der Waals surface area contributed by atoms with Crippen LogP contribution in [0.3, 0.4) is 0 Å². The average Bonchev–Trinajstić information content (AvgIpc) is 3.16. The molecule has 0 bridgehead atoms. The molecule has 3 rings (SSSR count). The molecule has 5 nitrogen and oxygen atoms in total. The molecule has 1 aliphatic heterocycles. The summed E-state index contributed by atoms with van der Waals surface area (Å²) in [6.45, 7) is 3.05. The Hall–Kier alpha value is -1.59. The minimum absolute atomic E-state index is 0.149. The topological polar surface area (TPSA) is 52.2 Å². The first-order valence-electron chi connectivity index (χ1n) is 8.08. The minimum atomic E-state index is 0.149. The van der Waals surface area contributed by atoms with Crippen molar-refractivity contribution in [1.82, 2.24) is 14.9 Å². The molecule has 0 aliphatic carbocycles. The fourth-order valence-corrected chi connectivity index (χ4v) is 3.13. The largest absolute Gasteiger partial charge is 0.469 e. The molecule has 0 amide bonds. The molecule has 3 atom stereocenters. The maximum atomic E-state index is 5.92. The number of nitrogens with zero attached hydrogens (tertiary/aromatic N) is 2. The van der Waals surface area contributed by atoms with Gasteiger partial charge in [0.2, 0.25) is 0 Å². The van der Waals surface area contributed by atoms with Gasteiger partial charge in [-0.2, -0.15) is 0 Å². The zero-order valence-electron chi connectivity index (χ0n) is 13.4. The van der Waals surface area contributed by atoms with Crippen LogP contribution >= 0.6 is 0 Å². The van der Waals surface area contributed by atoms with Crippen LogP contribution in [0.2, 0.25) is 0 Å². The molecule has 0 spiro atoms. The van der Waals surface area contributed by atoms with Gasteiger partial charge < -0.3 is 19.0 Å². The van der Waals surface area contributed by atoms with Crippen molar-refractivity contribution in [3.63, 3.8) is 0 Å². The van der Waals surface area contributed by atoms with Crippen LogP contribution in [0.1, 0.15) is 43.7 Å². The van der Waals surface area contributed by atoms with E-state index in [1.807, 2.05) is 36.3 Å². The Bertz CT molecular complexity index is 564. The number of aromatic nitrogens is 2. The number of imidazole rings is 1. The highest BCUT2D eigenvalue weighted by molar-refractivity contribution is 5.04. The van der Waals surface area contributed by atoms with Gasteiger partial charge >= 0.3 is 0 Å². The third kappa shape index (κ3) is 3.78. The van der Waals surface area contributed by atoms with E-state index in [4.69, 9.17) is 9.15 Å². The molecular weight excluding hydrogens is 278 g/mol. The Morgan fingerprint density at radius 1 is 1.50 bits per heavy atom. The summed E-state index contributed by atoms with van der Waals surface area (Å²) < 4.78 is 13.4. The molecule has 1 N–H and O–H groups in total. The molecule has 2 aromatic heterocycles. The maximum absolute atomic E-state index is 5.92. The zero-order valence-corrected chi connectivity index (χ0v) is 13.4. The van der Waals surface area contributed by atoms with Crippen LogP contribution in [0, 0.1) is 0 Å². The van der Waals surface area contributed by atoms with Crippen LogP contribution in [0.15, 0.2) is 35.3 Å². The van der Waals surface area contributed by atoms with Crippen LogP contribution in [-0.4, -0.2) is 28.2 Å². The molecule has 2 aromatic rings. The van der Waals surface area contributed by atoms with E-state index in [1.54, 1.807) is 6.26 Å². The summed E-state index contributed by atoms with van der Waals surface area (Å²) in [5.41, 5.74) is 1.16. The van der Waals surface area contributed by atoms with Gasteiger partial charge in [0.25, 0.3) is 0 Å². The lowest BCUT2D eigenvalue weighted by Crippen LogP contribution is -2.41. The Kier molecular flexibility index (Phi) is 4.95. The van der Waals surface area contributed by atoms with E-state index in [2.05, 4.69) is 17.2 Å². The second-order valence-corrected chi connectivity index (χ2v) is 6.20. The number of hydrogen-bond acceptors (Lipinski definition) is 4. The molecule has 0 aromatic carbocycles. The lowest BCUT2D eigenvalue weighted by molar-refractivity contribution is -0.00547. The van der Waals surface area contributed by atoms with Crippen LogP contribution in [0.4, 0.5) is 0 Å². The van der Waals surface area contributed by atoms with Gasteiger partial charge in [-0.15, -0.1) is 0 Å². The molecule has 0 unspecified atom stereocenters. The standard InChI is InChI=1S/C17H25N3O2/c1-13(5-6-15-4-3-8-21-15)19-14-7-9-22-17(10-14)16-11-18-12-20(16)2/h3-4,8,11-14,17,19H,5-7,9-10H2,1-2H3/t13-,14-,17+/m1/s1. The summed E-state index contributed by atoms with van der Waals surface area (Å²) in [4.78, 5) is 4.19. The Morgan fingerprint density at radius 2 is 2.41 bits per heavy atom. The molecule has 1 saturated heterocycles. The number of rotatable bonds is 6. The van der Waals surface area contributed by atoms with Crippen molar-refractivity contribution in [1.29, 1.82) is 0 Å². The first kappa shape index (κ1) is 15.3. The molecule has 5 heteroatoms. The van der Waals surface area contributed by atoms with E-state index in [0.717, 1.165) is 43.7 Å². The Morgan fingerprint density at radius 3 is 3.14 bits per heavy atom. The molecule has 0 saturated carbocycles. The lowest BCUT2D eigenvalue weighted by atomic mass is 9.99. The quantitative estimate of drug-likeness (QED) is 0.891. The van der Waals surface area contributed by atoms with Crippen LogP contribution in [-0.2, 0) is 18.2 Å². The summed E-state index contributed by atoms with van der Waals surface area (Å²) in [5.74, 6) is 1.06. The number of ether oxygens (including phenoxy) is 1. The van der Waals surface area contributed by atoms with E-state index in [1.165, 1.54) is 0 Å². The van der Waals surface area contributed by atoms with E-state index < -0.39 is 0 Å². The van der Waals surface area contributed by atoms with E-state index in [9.17, 15) is 0 Å². The van der Waals surface area contributed by atoms with Crippen molar-refractivity contribution in [2.75, 3.05) is 6.61 Å². The minimum Gasteiger partial charge on any atom is -0.469 e. The third-order valence-electron chi connectivity index (χ3n) is 4.39. The molecule has 1 fully saturated rings. The normalized spacial score (nSPS) is 23.5. The van der Waals surface area contributed by atoms with Gasteiger partial charge in [0.05, 0.1) is 24.5 Å². The Labute approximate surface area is 131 Å². The molecular formula is C17H25N3O2. The van der Waals surface area contributed by atoms with E-state index in [-0.39, 0.29) is 6.10 Å². The van der Waals surface area contributed by atoms with E-state index >= 15 is 0 Å². The molecule has 120 valence electrons. The van der Waals surface area contributed by atoms with Crippen molar-refractivity contribution in [3.8, 4) is 0 Å². The lowest BCUT2D eigenvalue weighted by Gasteiger charge is -2.32. The summed E-state index contributed by atoms with van der Waals surface area (Å²) >= 11 is 0. The first-order valence-corrected chi connectivity index (χ1v) is 8.08. The number of hydrogen-bond donors (Lipinski definition) is 1. The van der Waals surface area contributed by atoms with Gasteiger partial charge in [-0.1, -0.05) is 0 Å². The number of furan rings is 1. The highest BCUT2D eigenvalue weighted by Crippen LogP contribution is 2.27. The van der Waals surface area contributed by atoms with Crippen molar-refractivity contribution in [2.45, 2.75) is 50.8 Å². The Balaban J connectivity index is 1.48. The first-order chi connectivity index (χ1) is 10.7. The van der Waals surface area contributed by atoms with Crippen molar-refractivity contribution >= 4 is 0 Å². The summed E-state index contributed by atoms with van der Waals surface area (Å²) in [5, 5.41) is 3.74. The predicted molar refractivity (Wildman–Crippen MR) is 84.5 cm³/mol. The van der Waals surface area contributed by atoms with Crippen molar-refractivity contribution < 1.29 is 9.15 Å². The van der Waals surface area contributed by atoms with Gasteiger partial charge in [0, 0.05) is 32.2 Å². The van der Waals surface area contributed by atoms with Gasteiger partial charge in [-0.3, -0.25) is 0 Å². The zero-order chi connectivity index (χ0) is 15.4. The van der Waals surface area contributed by atoms with Gasteiger partial charge in [-0.25, -0.2) is 4.98 Å². The van der Waals surface area contributed by atoms with Crippen molar-refractivity contribution in [3.05, 3.63) is 42.4 Å². The summed E-state index contributed by atoms with van der Waals surface area (Å²) in [7, 11) is 2.02. The third-order valence-corrected chi connectivity index (χ3v) is 4.39. The van der Waals surface area contributed by atoms with Crippen molar-refractivity contribution in [2.24, 2.45) is 7.05 Å². The average molecular weight is 303 g/mol. The smallest absolute Gasteiger partial charge is 0.103 e. The van der Waals surface area contributed by atoms with Crippen LogP contribution in [0.25, 0.3) is 0 Å². The second kappa shape index (κ2) is 7.11. The van der Waals surface area contributed by atoms with Crippen LogP contribution < -0.4 is 5.32 Å². The van der Waals surface area contributed by atoms with Crippen LogP contribution in [0.5, 0.6) is 0 Å². The fraction of sp³-hybridized carbons (Fsp3) is 0.588. The van der Waals surface area contributed by atoms with E-state index in [0.29, 0.717) is 12.1 Å². The van der Waals surface area contributed by atoms with Gasteiger partial charge in [-0.05, 0) is 38.3 Å². The van der Waals surface area contributed by atoms with Gasteiger partial charge in [0.15, 0.2) is 0 Å². The molecule has 22 heavy (non-hydrogen) atoms. The number of aryl methyl sites for hydroxylation is 2. The molecule has 0 radical (unpaired) electrons. The SMILES string of the molecule is C[C@H](CCc1ccco1)N[C@@H]1CCO[C@H](c2cncn2C)C1. The molecule has 1 aliphatic rings.